The lowest BCUT2D eigenvalue weighted by molar-refractivity contribution is -0.384. The van der Waals surface area contributed by atoms with Crippen LogP contribution in [0.3, 0.4) is 0 Å². The Hall–Kier alpha value is -4.45. The molecule has 11 nitrogen and oxygen atoms in total. The number of nitrogens with zero attached hydrogens (tertiary/aromatic N) is 3. The number of carbonyl (C=O) groups is 2. The number of nitro benzene ring substituents is 1. The summed E-state index contributed by atoms with van der Waals surface area (Å²) in [5.74, 6) is -1.03. The van der Waals surface area contributed by atoms with Gasteiger partial charge in [-0.3, -0.25) is 24.0 Å². The van der Waals surface area contributed by atoms with Gasteiger partial charge in [0.15, 0.2) is 0 Å². The zero-order valence-corrected chi connectivity index (χ0v) is 25.1. The summed E-state index contributed by atoms with van der Waals surface area (Å²) in [6.45, 7) is 4.81. The molecule has 0 aliphatic heterocycles. The number of carbonyl (C=O) groups excluding carboxylic acids is 2. The van der Waals surface area contributed by atoms with Crippen molar-refractivity contribution in [3.05, 3.63) is 99.6 Å². The van der Waals surface area contributed by atoms with Crippen molar-refractivity contribution in [3.8, 4) is 5.75 Å². The van der Waals surface area contributed by atoms with Gasteiger partial charge in [0.2, 0.25) is 21.8 Å². The van der Waals surface area contributed by atoms with Crippen molar-refractivity contribution in [2.45, 2.75) is 45.8 Å². The number of ether oxygens (including phenoxy) is 1. The average molecular weight is 597 g/mol. The van der Waals surface area contributed by atoms with Gasteiger partial charge in [0.05, 0.1) is 18.3 Å². The van der Waals surface area contributed by atoms with Gasteiger partial charge in [-0.1, -0.05) is 54.6 Å². The van der Waals surface area contributed by atoms with E-state index >= 15 is 0 Å². The molecule has 0 radical (unpaired) electrons. The third kappa shape index (κ3) is 8.29. The molecule has 12 heteroatoms. The molecular weight excluding hydrogens is 560 g/mol. The maximum absolute atomic E-state index is 14.2. The second-order valence-corrected chi connectivity index (χ2v) is 12.1. The molecule has 0 fully saturated rings. The largest absolute Gasteiger partial charge is 0.495 e. The number of benzene rings is 3. The number of sulfonamides is 1. The van der Waals surface area contributed by atoms with E-state index in [2.05, 4.69) is 5.32 Å². The first-order chi connectivity index (χ1) is 19.8. The molecule has 42 heavy (non-hydrogen) atoms. The van der Waals surface area contributed by atoms with Crippen LogP contribution in [0.2, 0.25) is 0 Å². The molecule has 0 bridgehead atoms. The van der Waals surface area contributed by atoms with Crippen LogP contribution in [0.25, 0.3) is 0 Å². The molecule has 0 saturated carbocycles. The first-order valence-corrected chi connectivity index (χ1v) is 15.1. The number of non-ortho nitro benzene ring substituents is 1. The van der Waals surface area contributed by atoms with Gasteiger partial charge < -0.3 is 15.0 Å². The van der Waals surface area contributed by atoms with E-state index in [-0.39, 0.29) is 36.1 Å². The van der Waals surface area contributed by atoms with E-state index in [1.165, 1.54) is 24.1 Å². The zero-order valence-electron chi connectivity index (χ0n) is 24.3. The summed E-state index contributed by atoms with van der Waals surface area (Å²) in [6, 6.07) is 18.9. The van der Waals surface area contributed by atoms with Crippen LogP contribution in [-0.4, -0.2) is 62.0 Å². The van der Waals surface area contributed by atoms with Crippen molar-refractivity contribution in [1.29, 1.82) is 0 Å². The lowest BCUT2D eigenvalue weighted by Crippen LogP contribution is -2.54. The van der Waals surface area contributed by atoms with Crippen LogP contribution in [-0.2, 0) is 32.6 Å². The highest BCUT2D eigenvalue weighted by atomic mass is 32.2. The predicted octanol–water partition coefficient (Wildman–Crippen LogP) is 3.84. The Labute approximate surface area is 246 Å². The molecule has 3 rings (SSSR count). The van der Waals surface area contributed by atoms with Crippen molar-refractivity contribution in [2.24, 2.45) is 0 Å². The lowest BCUT2D eigenvalue weighted by atomic mass is 10.0. The topological polar surface area (TPSA) is 139 Å². The SMILES string of the molecule is COc1ccc([N+](=O)[O-])cc1N(CC(=O)N(Cc1ccccc1C)[C@@H](Cc1ccccc1)C(=O)NC(C)C)S(C)(=O)=O. The molecule has 224 valence electrons. The van der Waals surface area contributed by atoms with E-state index < -0.39 is 39.3 Å². The Kier molecular flexibility index (Phi) is 10.6. The molecule has 1 N–H and O–H groups in total. The van der Waals surface area contributed by atoms with Gasteiger partial charge in [-0.05, 0) is 43.5 Å². The Bertz CT molecular complexity index is 1530. The van der Waals surface area contributed by atoms with Crippen molar-refractivity contribution in [1.82, 2.24) is 10.2 Å². The number of nitrogens with one attached hydrogen (secondary N) is 1. The Morgan fingerprint density at radius 1 is 1.02 bits per heavy atom. The fourth-order valence-corrected chi connectivity index (χ4v) is 5.33. The lowest BCUT2D eigenvalue weighted by Gasteiger charge is -2.34. The summed E-state index contributed by atoms with van der Waals surface area (Å²) >= 11 is 0. The zero-order chi connectivity index (χ0) is 31.0. The van der Waals surface area contributed by atoms with E-state index in [0.29, 0.717) is 0 Å². The van der Waals surface area contributed by atoms with Crippen LogP contribution in [0.1, 0.15) is 30.5 Å². The van der Waals surface area contributed by atoms with Gasteiger partial charge in [-0.25, -0.2) is 8.42 Å². The Balaban J connectivity index is 2.14. The quantitative estimate of drug-likeness (QED) is 0.234. The van der Waals surface area contributed by atoms with Crippen molar-refractivity contribution < 1.29 is 27.7 Å². The normalized spacial score (nSPS) is 12.0. The summed E-state index contributed by atoms with van der Waals surface area (Å²) < 4.78 is 32.2. The number of anilines is 1. The van der Waals surface area contributed by atoms with Crippen molar-refractivity contribution in [2.75, 3.05) is 24.2 Å². The monoisotopic (exact) mass is 596 g/mol. The van der Waals surface area contributed by atoms with Gasteiger partial charge in [-0.2, -0.15) is 0 Å². The van der Waals surface area contributed by atoms with Crippen LogP contribution < -0.4 is 14.4 Å². The molecule has 3 aromatic rings. The third-order valence-corrected chi connectivity index (χ3v) is 7.75. The molecule has 2 amide bonds. The Morgan fingerprint density at radius 3 is 2.24 bits per heavy atom. The van der Waals surface area contributed by atoms with Crippen LogP contribution in [0.15, 0.2) is 72.8 Å². The van der Waals surface area contributed by atoms with E-state index in [0.717, 1.165) is 33.3 Å². The average Bonchev–Trinajstić information content (AvgIpc) is 2.93. The minimum absolute atomic E-state index is 0.0260. The highest BCUT2D eigenvalue weighted by Gasteiger charge is 2.34. The summed E-state index contributed by atoms with van der Waals surface area (Å²) in [5, 5.41) is 14.4. The number of aryl methyl sites for hydroxylation is 1. The van der Waals surface area contributed by atoms with Gasteiger partial charge in [-0.15, -0.1) is 0 Å². The van der Waals surface area contributed by atoms with Gasteiger partial charge in [0.25, 0.3) is 5.69 Å². The first kappa shape index (κ1) is 32.1. The molecule has 0 heterocycles. The second kappa shape index (κ2) is 13.9. The first-order valence-electron chi connectivity index (χ1n) is 13.3. The van der Waals surface area contributed by atoms with Crippen LogP contribution in [0.4, 0.5) is 11.4 Å². The summed E-state index contributed by atoms with van der Waals surface area (Å²) in [5.41, 5.74) is 1.94. The third-order valence-electron chi connectivity index (χ3n) is 6.63. The van der Waals surface area contributed by atoms with E-state index in [1.807, 2.05) is 75.4 Å². The minimum Gasteiger partial charge on any atom is -0.495 e. The highest BCUT2D eigenvalue weighted by Crippen LogP contribution is 2.34. The maximum atomic E-state index is 14.2. The van der Waals surface area contributed by atoms with E-state index in [9.17, 15) is 28.1 Å². The number of rotatable bonds is 13. The molecule has 0 spiro atoms. The molecule has 0 aliphatic rings. The van der Waals surface area contributed by atoms with Gasteiger partial charge in [0.1, 0.15) is 24.0 Å². The van der Waals surface area contributed by atoms with E-state index in [4.69, 9.17) is 4.74 Å². The predicted molar refractivity (Wildman–Crippen MR) is 161 cm³/mol. The highest BCUT2D eigenvalue weighted by molar-refractivity contribution is 7.92. The number of hydrogen-bond donors (Lipinski definition) is 1. The van der Waals surface area contributed by atoms with Crippen LogP contribution >= 0.6 is 0 Å². The van der Waals surface area contributed by atoms with Gasteiger partial charge in [0, 0.05) is 31.1 Å². The summed E-state index contributed by atoms with van der Waals surface area (Å²) in [4.78, 5) is 40.0. The number of methoxy groups -OCH3 is 1. The summed E-state index contributed by atoms with van der Waals surface area (Å²) in [7, 11) is -2.85. The number of amides is 2. The molecule has 0 aliphatic carbocycles. The van der Waals surface area contributed by atoms with Crippen molar-refractivity contribution in [3.63, 3.8) is 0 Å². The van der Waals surface area contributed by atoms with Crippen LogP contribution in [0, 0.1) is 17.0 Å². The number of hydrogen-bond acceptors (Lipinski definition) is 7. The maximum Gasteiger partial charge on any atom is 0.271 e. The molecule has 3 aromatic carbocycles. The summed E-state index contributed by atoms with van der Waals surface area (Å²) in [6.07, 6.45) is 1.08. The molecular formula is C30H36N4O7S. The molecule has 1 atom stereocenters. The van der Waals surface area contributed by atoms with E-state index in [1.54, 1.807) is 0 Å². The molecule has 0 aromatic heterocycles. The molecule has 0 saturated heterocycles. The van der Waals surface area contributed by atoms with Gasteiger partial charge >= 0.3 is 0 Å². The second-order valence-electron chi connectivity index (χ2n) is 10.2. The van der Waals surface area contributed by atoms with Crippen LogP contribution in [0.5, 0.6) is 5.75 Å². The molecule has 0 unspecified atom stereocenters. The Morgan fingerprint density at radius 2 is 1.67 bits per heavy atom. The van der Waals surface area contributed by atoms with Crippen molar-refractivity contribution >= 4 is 33.2 Å². The fraction of sp³-hybridized carbons (Fsp3) is 0.333. The minimum atomic E-state index is -4.14. The number of nitro groups is 1. The smallest absolute Gasteiger partial charge is 0.271 e. The standard InChI is InChI=1S/C30H36N4O7S/c1-21(2)31-30(36)27(17-23-12-7-6-8-13-23)32(19-24-14-10-9-11-22(24)3)29(35)20-33(42(5,39)40)26-18-25(34(37)38)15-16-28(26)41-4/h6-16,18,21,27H,17,19-20H2,1-5H3,(H,31,36)/t27-/m0/s1. The fourth-order valence-electron chi connectivity index (χ4n) is 4.49.